The lowest BCUT2D eigenvalue weighted by molar-refractivity contribution is 0.0793. The predicted molar refractivity (Wildman–Crippen MR) is 164 cm³/mol. The molecule has 0 radical (unpaired) electrons. The fourth-order valence-corrected chi connectivity index (χ4v) is 5.30. The molecule has 4 rings (SSSR count). The number of unbranched alkanes of at least 4 members (excludes halogenated alkanes) is 2. The molecular weight excluding hydrogens is 536 g/mol. The molecule has 4 aromatic rings. The van der Waals surface area contributed by atoms with Crippen LogP contribution in [0.5, 0.6) is 0 Å². The molecule has 2 amide bonds. The van der Waals surface area contributed by atoms with E-state index in [-0.39, 0.29) is 11.5 Å². The van der Waals surface area contributed by atoms with Crippen LogP contribution in [0.15, 0.2) is 66.7 Å². The average molecular weight is 575 g/mol. The highest BCUT2D eigenvalue weighted by molar-refractivity contribution is 7.89. The summed E-state index contributed by atoms with van der Waals surface area (Å²) in [6.07, 6.45) is 5.86. The first kappa shape index (κ1) is 30.0. The van der Waals surface area contributed by atoms with Crippen LogP contribution in [0.4, 0.5) is 0 Å². The second-order valence-electron chi connectivity index (χ2n) is 10.4. The first-order chi connectivity index (χ1) is 19.6. The van der Waals surface area contributed by atoms with Gasteiger partial charge in [0.15, 0.2) is 0 Å². The van der Waals surface area contributed by atoms with Gasteiger partial charge in [0.1, 0.15) is 5.82 Å². The molecule has 0 fully saturated rings. The Labute approximate surface area is 242 Å². The summed E-state index contributed by atoms with van der Waals surface area (Å²) >= 11 is 0. The van der Waals surface area contributed by atoms with E-state index in [0.717, 1.165) is 72.9 Å². The summed E-state index contributed by atoms with van der Waals surface area (Å²) in [7, 11) is -1.84. The molecule has 216 valence electrons. The summed E-state index contributed by atoms with van der Waals surface area (Å²) in [5, 5.41) is 0. The van der Waals surface area contributed by atoms with Gasteiger partial charge in [-0.3, -0.25) is 9.59 Å². The third kappa shape index (κ3) is 7.41. The van der Waals surface area contributed by atoms with Crippen LogP contribution in [-0.4, -0.2) is 54.5 Å². The zero-order valence-electron chi connectivity index (χ0n) is 24.2. The molecule has 0 saturated heterocycles. The summed E-state index contributed by atoms with van der Waals surface area (Å²) < 4.78 is 27.5. The van der Waals surface area contributed by atoms with Crippen molar-refractivity contribution < 1.29 is 18.0 Å². The van der Waals surface area contributed by atoms with Gasteiger partial charge in [0.2, 0.25) is 10.0 Å². The van der Waals surface area contributed by atoms with E-state index < -0.39 is 15.9 Å². The van der Waals surface area contributed by atoms with Crippen LogP contribution in [0.3, 0.4) is 0 Å². The maximum Gasteiger partial charge on any atom is 0.265 e. The van der Waals surface area contributed by atoms with Crippen LogP contribution >= 0.6 is 0 Å². The monoisotopic (exact) mass is 574 g/mol. The highest BCUT2D eigenvalue weighted by atomic mass is 32.2. The average Bonchev–Trinajstić information content (AvgIpc) is 3.30. The van der Waals surface area contributed by atoms with Crippen molar-refractivity contribution in [1.29, 1.82) is 0 Å². The van der Waals surface area contributed by atoms with Gasteiger partial charge < -0.3 is 9.47 Å². The zero-order valence-corrected chi connectivity index (χ0v) is 25.0. The van der Waals surface area contributed by atoms with E-state index in [1.54, 1.807) is 23.1 Å². The van der Waals surface area contributed by atoms with Gasteiger partial charge in [0.05, 0.1) is 17.3 Å². The number of fused-ring (bicyclic) bond motifs is 1. The van der Waals surface area contributed by atoms with E-state index in [0.29, 0.717) is 17.7 Å². The number of rotatable bonds is 12. The number of nitrogens with zero attached hydrogens (tertiary/aromatic N) is 3. The molecule has 9 heteroatoms. The van der Waals surface area contributed by atoms with Crippen molar-refractivity contribution in [3.63, 3.8) is 0 Å². The van der Waals surface area contributed by atoms with E-state index in [1.165, 1.54) is 0 Å². The van der Waals surface area contributed by atoms with Crippen molar-refractivity contribution in [2.24, 2.45) is 0 Å². The van der Waals surface area contributed by atoms with Gasteiger partial charge in [-0.05, 0) is 53.8 Å². The van der Waals surface area contributed by atoms with Crippen LogP contribution in [0, 0.1) is 0 Å². The number of nitrogens with one attached hydrogen (secondary N) is 1. The predicted octanol–water partition coefficient (Wildman–Crippen LogP) is 5.66. The second kappa shape index (κ2) is 13.1. The molecule has 0 unspecified atom stereocenters. The molecule has 0 spiro atoms. The molecule has 1 aromatic heterocycles. The number of imidazole rings is 1. The summed E-state index contributed by atoms with van der Waals surface area (Å²) in [5.41, 5.74) is 5.22. The Hall–Kier alpha value is -3.98. The van der Waals surface area contributed by atoms with Crippen LogP contribution in [-0.2, 0) is 23.0 Å². The lowest BCUT2D eigenvalue weighted by atomic mass is 9.98. The maximum atomic E-state index is 13.1. The number of sulfonamides is 1. The van der Waals surface area contributed by atoms with Crippen molar-refractivity contribution in [2.75, 3.05) is 19.8 Å². The molecule has 1 N–H and O–H groups in total. The Bertz CT molecular complexity index is 1640. The maximum absolute atomic E-state index is 13.1. The minimum Gasteiger partial charge on any atom is -0.342 e. The van der Waals surface area contributed by atoms with Crippen LogP contribution in [0.1, 0.15) is 71.6 Å². The molecule has 0 saturated carbocycles. The van der Waals surface area contributed by atoms with Gasteiger partial charge in [-0.25, -0.2) is 18.1 Å². The smallest absolute Gasteiger partial charge is 0.265 e. The van der Waals surface area contributed by atoms with Gasteiger partial charge >= 0.3 is 0 Å². The Morgan fingerprint density at radius 3 is 2.34 bits per heavy atom. The molecular formula is C32H38N4O4S. The third-order valence-corrected chi connectivity index (χ3v) is 7.63. The lowest BCUT2D eigenvalue weighted by Crippen LogP contribution is -2.29. The SMILES string of the molecule is CCCCc1nc2ccc(C(=O)N(C)CCCC)cc2n1Cc1ccc(-c2ccccc2C(=O)NS(C)(=O)=O)cc1. The van der Waals surface area contributed by atoms with Gasteiger partial charge in [-0.1, -0.05) is 69.2 Å². The van der Waals surface area contributed by atoms with Gasteiger partial charge in [0.25, 0.3) is 11.8 Å². The number of aryl methyl sites for hydroxylation is 1. The molecule has 0 aliphatic heterocycles. The highest BCUT2D eigenvalue weighted by Gasteiger charge is 2.18. The van der Waals surface area contributed by atoms with Crippen LogP contribution < -0.4 is 4.72 Å². The molecule has 8 nitrogen and oxygen atoms in total. The molecule has 0 aliphatic rings. The molecule has 41 heavy (non-hydrogen) atoms. The van der Waals surface area contributed by atoms with E-state index in [2.05, 4.69) is 23.1 Å². The van der Waals surface area contributed by atoms with Crippen LogP contribution in [0.2, 0.25) is 0 Å². The fraction of sp³-hybridized carbons (Fsp3) is 0.344. The highest BCUT2D eigenvalue weighted by Crippen LogP contribution is 2.26. The Kier molecular flexibility index (Phi) is 9.60. The van der Waals surface area contributed by atoms with E-state index in [9.17, 15) is 18.0 Å². The van der Waals surface area contributed by atoms with E-state index in [4.69, 9.17) is 4.98 Å². The van der Waals surface area contributed by atoms with E-state index >= 15 is 0 Å². The molecule has 3 aromatic carbocycles. The third-order valence-electron chi connectivity index (χ3n) is 7.08. The van der Waals surface area contributed by atoms with Gasteiger partial charge in [-0.15, -0.1) is 0 Å². The fourth-order valence-electron chi connectivity index (χ4n) is 4.85. The summed E-state index contributed by atoms with van der Waals surface area (Å²) in [6.45, 7) is 5.57. The van der Waals surface area contributed by atoms with Gasteiger partial charge in [-0.2, -0.15) is 0 Å². The molecule has 0 atom stereocenters. The van der Waals surface area contributed by atoms with Gasteiger partial charge in [0, 0.05) is 37.7 Å². The zero-order chi connectivity index (χ0) is 29.6. The van der Waals surface area contributed by atoms with Crippen molar-refractivity contribution in [1.82, 2.24) is 19.2 Å². The first-order valence-electron chi connectivity index (χ1n) is 14.1. The lowest BCUT2D eigenvalue weighted by Gasteiger charge is -2.17. The number of benzene rings is 3. The molecule has 1 heterocycles. The Morgan fingerprint density at radius 1 is 0.951 bits per heavy atom. The Morgan fingerprint density at radius 2 is 1.66 bits per heavy atom. The topological polar surface area (TPSA) is 101 Å². The van der Waals surface area contributed by atoms with Crippen molar-refractivity contribution in [2.45, 2.75) is 52.5 Å². The number of carbonyl (C=O) groups is 2. The summed E-state index contributed by atoms with van der Waals surface area (Å²) in [5.74, 6) is 0.326. The number of hydrogen-bond acceptors (Lipinski definition) is 5. The minimum absolute atomic E-state index is 0.00568. The number of carbonyl (C=O) groups excluding carboxylic acids is 2. The first-order valence-corrected chi connectivity index (χ1v) is 16.0. The second-order valence-corrected chi connectivity index (χ2v) is 12.2. The number of amides is 2. The quantitative estimate of drug-likeness (QED) is 0.235. The minimum atomic E-state index is -3.68. The summed E-state index contributed by atoms with van der Waals surface area (Å²) in [4.78, 5) is 32.4. The van der Waals surface area contributed by atoms with E-state index in [1.807, 2.05) is 55.6 Å². The summed E-state index contributed by atoms with van der Waals surface area (Å²) in [6, 6.07) is 20.6. The molecule has 0 aliphatic carbocycles. The molecule has 0 bridgehead atoms. The number of hydrogen-bond donors (Lipinski definition) is 1. The van der Waals surface area contributed by atoms with Crippen molar-refractivity contribution in [3.8, 4) is 11.1 Å². The van der Waals surface area contributed by atoms with Crippen molar-refractivity contribution in [3.05, 3.63) is 89.2 Å². The van der Waals surface area contributed by atoms with Crippen molar-refractivity contribution >= 4 is 32.9 Å². The Balaban J connectivity index is 1.65. The number of aromatic nitrogens is 2. The van der Waals surface area contributed by atoms with Crippen LogP contribution in [0.25, 0.3) is 22.2 Å². The largest absolute Gasteiger partial charge is 0.342 e. The normalized spacial score (nSPS) is 11.5. The standard InChI is InChI=1S/C32H38N4O4S/c1-5-7-13-30-33-28-19-18-25(32(38)35(3)20-8-6-2)21-29(28)36(30)22-23-14-16-24(17-15-23)26-11-9-10-12-27(26)31(37)34-41(4,39)40/h9-12,14-19,21H,5-8,13,20,22H2,1-4H3,(H,34,37).